The molecule has 0 aliphatic heterocycles. The molecular weight excluding hydrogens is 377 g/mol. The second-order valence-electron chi connectivity index (χ2n) is 4.47. The first kappa shape index (κ1) is 14.5. The number of hydrogen-bond acceptors (Lipinski definition) is 3. The van der Waals surface area contributed by atoms with Crippen LogP contribution in [0.4, 0.5) is 15.8 Å². The second-order valence-corrected chi connectivity index (χ2v) is 8.85. The first-order valence-corrected chi connectivity index (χ1v) is 9.28. The van der Waals surface area contributed by atoms with Crippen LogP contribution in [0.5, 0.6) is 0 Å². The summed E-state index contributed by atoms with van der Waals surface area (Å²) in [6.07, 6.45) is 1.59. The molecule has 100 valence electrons. The van der Waals surface area contributed by atoms with Gasteiger partial charge >= 0.3 is 0 Å². The van der Waals surface area contributed by atoms with E-state index in [4.69, 9.17) is 0 Å². The van der Waals surface area contributed by atoms with E-state index in [-0.39, 0.29) is 5.82 Å². The molecule has 0 amide bonds. The molecule has 1 heterocycles. The zero-order valence-electron chi connectivity index (χ0n) is 10.5. The van der Waals surface area contributed by atoms with Gasteiger partial charge in [-0.15, -0.1) is 0 Å². The fourth-order valence-electron chi connectivity index (χ4n) is 1.66. The lowest BCUT2D eigenvalue weighted by Gasteiger charge is -2.14. The molecule has 0 saturated carbocycles. The molecule has 0 spiro atoms. The summed E-state index contributed by atoms with van der Waals surface area (Å²) in [6, 6.07) is 8.38. The Balaban J connectivity index is 2.42. The van der Waals surface area contributed by atoms with Crippen LogP contribution >= 0.6 is 29.7 Å². The van der Waals surface area contributed by atoms with Gasteiger partial charge in [0.2, 0.25) is 0 Å². The first-order valence-electron chi connectivity index (χ1n) is 5.60. The molecule has 6 heteroatoms. The van der Waals surface area contributed by atoms with Crippen LogP contribution in [0.1, 0.15) is 0 Å². The van der Waals surface area contributed by atoms with Crippen molar-refractivity contribution in [2.24, 2.45) is 0 Å². The molecule has 0 bridgehead atoms. The zero-order valence-corrected chi connectivity index (χ0v) is 13.6. The van der Waals surface area contributed by atoms with Gasteiger partial charge in [-0.3, -0.25) is 4.98 Å². The van der Waals surface area contributed by atoms with Crippen molar-refractivity contribution in [3.05, 3.63) is 45.9 Å². The molecule has 1 aromatic heterocycles. The summed E-state index contributed by atoms with van der Waals surface area (Å²) < 4.78 is 26.8. The smallest absolute Gasteiger partial charge is 0.147 e. The Bertz CT molecular complexity index is 657. The molecule has 1 aromatic carbocycles. The van der Waals surface area contributed by atoms with Gasteiger partial charge in [0.05, 0.1) is 11.4 Å². The summed E-state index contributed by atoms with van der Waals surface area (Å²) in [7, 11) is -2.51. The summed E-state index contributed by atoms with van der Waals surface area (Å²) in [5, 5.41) is 2.96. The molecule has 2 rings (SSSR count). The van der Waals surface area contributed by atoms with E-state index in [1.165, 1.54) is 6.07 Å². The number of nitrogens with zero attached hydrogens (tertiary/aromatic N) is 1. The molecular formula is C13H13FIN2OP. The van der Waals surface area contributed by atoms with Crippen LogP contribution in [0.15, 0.2) is 36.5 Å². The van der Waals surface area contributed by atoms with Crippen molar-refractivity contribution in [1.29, 1.82) is 0 Å². The van der Waals surface area contributed by atoms with Crippen LogP contribution in [0, 0.1) is 9.39 Å². The maximum Gasteiger partial charge on any atom is 0.147 e. The summed E-state index contributed by atoms with van der Waals surface area (Å²) in [4.78, 5) is 4.14. The number of pyridine rings is 1. The SMILES string of the molecule is CP(C)(=O)c1ncccc1Nc1ccc(I)cc1F. The van der Waals surface area contributed by atoms with Crippen LogP contribution in [-0.2, 0) is 4.57 Å². The third kappa shape index (κ3) is 3.54. The topological polar surface area (TPSA) is 42.0 Å². The second kappa shape index (κ2) is 5.59. The van der Waals surface area contributed by atoms with Crippen molar-refractivity contribution in [1.82, 2.24) is 4.98 Å². The highest BCUT2D eigenvalue weighted by atomic mass is 127. The van der Waals surface area contributed by atoms with Gasteiger partial charge in [0.15, 0.2) is 0 Å². The molecule has 0 aliphatic rings. The highest BCUT2D eigenvalue weighted by Crippen LogP contribution is 2.37. The fraction of sp³-hybridized carbons (Fsp3) is 0.154. The average Bonchev–Trinajstić information content (AvgIpc) is 2.32. The van der Waals surface area contributed by atoms with Crippen molar-refractivity contribution in [2.45, 2.75) is 0 Å². The Kier molecular flexibility index (Phi) is 4.26. The van der Waals surface area contributed by atoms with Gasteiger partial charge in [0.25, 0.3) is 0 Å². The van der Waals surface area contributed by atoms with Gasteiger partial charge in [0.1, 0.15) is 18.4 Å². The average molecular weight is 390 g/mol. The van der Waals surface area contributed by atoms with Gasteiger partial charge in [-0.1, -0.05) is 0 Å². The van der Waals surface area contributed by atoms with E-state index in [0.717, 1.165) is 3.57 Å². The normalized spacial score (nSPS) is 11.4. The Morgan fingerprint density at radius 3 is 2.63 bits per heavy atom. The Hall–Kier alpha value is -0.940. The van der Waals surface area contributed by atoms with Crippen molar-refractivity contribution in [3.8, 4) is 0 Å². The number of anilines is 2. The van der Waals surface area contributed by atoms with Crippen molar-refractivity contribution in [2.75, 3.05) is 18.6 Å². The maximum absolute atomic E-state index is 13.8. The molecule has 19 heavy (non-hydrogen) atoms. The monoisotopic (exact) mass is 390 g/mol. The molecule has 0 saturated heterocycles. The highest BCUT2D eigenvalue weighted by Gasteiger charge is 2.18. The quantitative estimate of drug-likeness (QED) is 0.640. The van der Waals surface area contributed by atoms with E-state index in [1.54, 1.807) is 43.8 Å². The third-order valence-electron chi connectivity index (χ3n) is 2.50. The highest BCUT2D eigenvalue weighted by molar-refractivity contribution is 14.1. The molecule has 0 atom stereocenters. The predicted octanol–water partition coefficient (Wildman–Crippen LogP) is 3.82. The Morgan fingerprint density at radius 2 is 2.00 bits per heavy atom. The van der Waals surface area contributed by atoms with E-state index < -0.39 is 7.14 Å². The lowest BCUT2D eigenvalue weighted by Crippen LogP contribution is -2.13. The van der Waals surface area contributed by atoms with Crippen LogP contribution < -0.4 is 10.8 Å². The number of rotatable bonds is 3. The van der Waals surface area contributed by atoms with Gasteiger partial charge in [-0.05, 0) is 66.3 Å². The number of hydrogen-bond donors (Lipinski definition) is 1. The van der Waals surface area contributed by atoms with Gasteiger partial charge in [0, 0.05) is 9.77 Å². The van der Waals surface area contributed by atoms with E-state index in [2.05, 4.69) is 10.3 Å². The van der Waals surface area contributed by atoms with E-state index in [1.807, 2.05) is 22.6 Å². The van der Waals surface area contributed by atoms with E-state index in [9.17, 15) is 8.96 Å². The van der Waals surface area contributed by atoms with Crippen LogP contribution in [-0.4, -0.2) is 18.3 Å². The van der Waals surface area contributed by atoms with Crippen molar-refractivity contribution >= 4 is 46.5 Å². The minimum Gasteiger partial charge on any atom is -0.351 e. The summed E-state index contributed by atoms with van der Waals surface area (Å²) in [5.41, 5.74) is 1.41. The summed E-state index contributed by atoms with van der Waals surface area (Å²) in [5.74, 6) is -0.344. The van der Waals surface area contributed by atoms with E-state index >= 15 is 0 Å². The molecule has 0 radical (unpaired) electrons. The molecule has 1 N–H and O–H groups in total. The predicted molar refractivity (Wildman–Crippen MR) is 85.7 cm³/mol. The van der Waals surface area contributed by atoms with Gasteiger partial charge in [-0.25, -0.2) is 4.39 Å². The number of halogens is 2. The van der Waals surface area contributed by atoms with Gasteiger partial charge < -0.3 is 9.88 Å². The Labute approximate surface area is 125 Å². The number of nitrogens with one attached hydrogen (secondary N) is 1. The van der Waals surface area contributed by atoms with Crippen molar-refractivity contribution < 1.29 is 8.96 Å². The molecule has 3 nitrogen and oxygen atoms in total. The molecule has 0 unspecified atom stereocenters. The fourth-order valence-corrected chi connectivity index (χ4v) is 3.17. The van der Waals surface area contributed by atoms with Crippen LogP contribution in [0.25, 0.3) is 0 Å². The maximum atomic E-state index is 13.8. The first-order chi connectivity index (χ1) is 8.88. The largest absolute Gasteiger partial charge is 0.351 e. The number of aromatic nitrogens is 1. The Morgan fingerprint density at radius 1 is 1.26 bits per heavy atom. The van der Waals surface area contributed by atoms with E-state index in [0.29, 0.717) is 16.8 Å². The zero-order chi connectivity index (χ0) is 14.0. The molecule has 0 fully saturated rings. The van der Waals surface area contributed by atoms with Crippen molar-refractivity contribution in [3.63, 3.8) is 0 Å². The minimum absolute atomic E-state index is 0.344. The molecule has 2 aromatic rings. The lowest BCUT2D eigenvalue weighted by molar-refractivity contribution is 0.588. The van der Waals surface area contributed by atoms with Crippen LogP contribution in [0.3, 0.4) is 0 Å². The minimum atomic E-state index is -2.51. The summed E-state index contributed by atoms with van der Waals surface area (Å²) in [6.45, 7) is 3.29. The molecule has 0 aliphatic carbocycles. The third-order valence-corrected chi connectivity index (χ3v) is 4.54. The summed E-state index contributed by atoms with van der Waals surface area (Å²) >= 11 is 2.05. The standard InChI is InChI=1S/C13H13FIN2OP/c1-19(2,18)13-12(4-3-7-16-13)17-11-6-5-9(15)8-10(11)14/h3-8,17H,1-2H3. The number of benzene rings is 1. The van der Waals surface area contributed by atoms with Crippen LogP contribution in [0.2, 0.25) is 0 Å². The van der Waals surface area contributed by atoms with Gasteiger partial charge in [-0.2, -0.15) is 0 Å². The lowest BCUT2D eigenvalue weighted by atomic mass is 10.3.